The van der Waals surface area contributed by atoms with Crippen LogP contribution >= 0.6 is 0 Å². The molecular weight excluding hydrogens is 294 g/mol. The molecule has 0 bridgehead atoms. The van der Waals surface area contributed by atoms with Gasteiger partial charge in [-0.2, -0.15) is 5.10 Å². The van der Waals surface area contributed by atoms with Crippen LogP contribution in [0, 0.1) is 6.92 Å². The van der Waals surface area contributed by atoms with Gasteiger partial charge in [0.05, 0.1) is 0 Å². The van der Waals surface area contributed by atoms with E-state index in [9.17, 15) is 9.59 Å². The number of nitrogens with one attached hydrogen (secondary N) is 2. The van der Waals surface area contributed by atoms with E-state index in [0.29, 0.717) is 18.8 Å². The maximum atomic E-state index is 12.0. The summed E-state index contributed by atoms with van der Waals surface area (Å²) in [6.45, 7) is 4.58. The summed E-state index contributed by atoms with van der Waals surface area (Å²) in [5.41, 5.74) is 7.24. The number of nitrogens with zero attached hydrogens (tertiary/aromatic N) is 2. The fraction of sp³-hybridized carbons (Fsp3) is 0.312. The van der Waals surface area contributed by atoms with Gasteiger partial charge in [0.25, 0.3) is 0 Å². The number of benzene rings is 1. The summed E-state index contributed by atoms with van der Waals surface area (Å²) in [6.07, 6.45) is 0.339. The van der Waals surface area contributed by atoms with Crippen LogP contribution in [0.4, 0.5) is 10.6 Å². The number of hydrogen-bond donors (Lipinski definition) is 3. The summed E-state index contributed by atoms with van der Waals surface area (Å²) >= 11 is 0. The van der Waals surface area contributed by atoms with Crippen LogP contribution in [0.5, 0.6) is 0 Å². The third-order valence-electron chi connectivity index (χ3n) is 3.45. The Morgan fingerprint density at radius 2 is 2.00 bits per heavy atom. The first-order valence-corrected chi connectivity index (χ1v) is 7.44. The van der Waals surface area contributed by atoms with E-state index in [-0.39, 0.29) is 0 Å². The molecule has 7 heteroatoms. The van der Waals surface area contributed by atoms with Gasteiger partial charge in [-0.05, 0) is 19.4 Å². The molecule has 1 aromatic carbocycles. The Morgan fingerprint density at radius 1 is 1.30 bits per heavy atom. The Labute approximate surface area is 134 Å². The number of amides is 3. The lowest BCUT2D eigenvalue weighted by Gasteiger charge is -2.15. The SMILES string of the molecule is CCn1nc(NC(=O)NC(Cc2ccccc2)C(N)=O)cc1C. The van der Waals surface area contributed by atoms with Gasteiger partial charge in [0.2, 0.25) is 5.91 Å². The fourth-order valence-corrected chi connectivity index (χ4v) is 2.27. The van der Waals surface area contributed by atoms with Gasteiger partial charge in [0.1, 0.15) is 6.04 Å². The van der Waals surface area contributed by atoms with Crippen molar-refractivity contribution < 1.29 is 9.59 Å². The molecule has 0 aliphatic rings. The first-order chi connectivity index (χ1) is 11.0. The van der Waals surface area contributed by atoms with E-state index in [1.54, 1.807) is 10.7 Å². The minimum absolute atomic E-state index is 0.339. The molecule has 4 N–H and O–H groups in total. The minimum Gasteiger partial charge on any atom is -0.368 e. The van der Waals surface area contributed by atoms with Gasteiger partial charge in [-0.3, -0.25) is 14.8 Å². The van der Waals surface area contributed by atoms with E-state index in [2.05, 4.69) is 15.7 Å². The second-order valence-electron chi connectivity index (χ2n) is 5.23. The maximum Gasteiger partial charge on any atom is 0.321 e. The summed E-state index contributed by atoms with van der Waals surface area (Å²) in [5, 5.41) is 9.44. The number of nitrogens with two attached hydrogens (primary N) is 1. The van der Waals surface area contributed by atoms with Crippen LogP contribution in [0.25, 0.3) is 0 Å². The smallest absolute Gasteiger partial charge is 0.321 e. The normalized spacial score (nSPS) is 11.7. The third-order valence-corrected chi connectivity index (χ3v) is 3.45. The summed E-state index contributed by atoms with van der Waals surface area (Å²) < 4.78 is 1.77. The Kier molecular flexibility index (Phi) is 5.35. The fourth-order valence-electron chi connectivity index (χ4n) is 2.27. The number of carbonyl (C=O) groups is 2. The standard InChI is InChI=1S/C16H21N5O2/c1-3-21-11(2)9-14(20-21)19-16(23)18-13(15(17)22)10-12-7-5-4-6-8-12/h4-9,13H,3,10H2,1-2H3,(H2,17,22)(H2,18,19,20,23). The molecule has 0 spiro atoms. The maximum absolute atomic E-state index is 12.0. The molecule has 1 aromatic heterocycles. The Bertz CT molecular complexity index is 681. The second-order valence-corrected chi connectivity index (χ2v) is 5.23. The van der Waals surface area contributed by atoms with Crippen LogP contribution in [0.3, 0.4) is 0 Å². The molecule has 0 saturated carbocycles. The molecule has 2 aromatic rings. The van der Waals surface area contributed by atoms with Gasteiger partial charge >= 0.3 is 6.03 Å². The topological polar surface area (TPSA) is 102 Å². The van der Waals surface area contributed by atoms with Crippen LogP contribution < -0.4 is 16.4 Å². The van der Waals surface area contributed by atoms with Gasteiger partial charge in [-0.1, -0.05) is 30.3 Å². The predicted octanol–water partition coefficient (Wildman–Crippen LogP) is 1.43. The molecule has 0 saturated heterocycles. The molecule has 2 rings (SSSR count). The van der Waals surface area contributed by atoms with E-state index in [4.69, 9.17) is 5.73 Å². The Balaban J connectivity index is 1.99. The minimum atomic E-state index is -0.785. The first kappa shape index (κ1) is 16.5. The molecule has 1 atom stereocenters. The van der Waals surface area contributed by atoms with Gasteiger partial charge in [-0.15, -0.1) is 0 Å². The molecule has 3 amide bonds. The predicted molar refractivity (Wildman–Crippen MR) is 87.9 cm³/mol. The van der Waals surface area contributed by atoms with Gasteiger partial charge in [0.15, 0.2) is 5.82 Å². The van der Waals surface area contributed by atoms with Crippen molar-refractivity contribution in [3.8, 4) is 0 Å². The van der Waals surface area contributed by atoms with Crippen molar-refractivity contribution in [2.45, 2.75) is 32.9 Å². The number of carbonyl (C=O) groups excluding carboxylic acids is 2. The summed E-state index contributed by atoms with van der Waals surface area (Å²) in [4.78, 5) is 23.6. The van der Waals surface area contributed by atoms with E-state index in [0.717, 1.165) is 11.3 Å². The average molecular weight is 315 g/mol. The van der Waals surface area contributed by atoms with Gasteiger partial charge in [0, 0.05) is 24.7 Å². The third kappa shape index (κ3) is 4.57. The number of aromatic nitrogens is 2. The Morgan fingerprint density at radius 3 is 2.57 bits per heavy atom. The van der Waals surface area contributed by atoms with Crippen molar-refractivity contribution in [2.24, 2.45) is 5.73 Å². The quantitative estimate of drug-likeness (QED) is 0.751. The number of urea groups is 1. The highest BCUT2D eigenvalue weighted by Crippen LogP contribution is 2.08. The van der Waals surface area contributed by atoms with Crippen LogP contribution in [-0.2, 0) is 17.8 Å². The molecule has 0 radical (unpaired) electrons. The van der Waals surface area contributed by atoms with Crippen molar-refractivity contribution in [1.82, 2.24) is 15.1 Å². The second kappa shape index (κ2) is 7.44. The number of primary amides is 1. The summed E-state index contributed by atoms with van der Waals surface area (Å²) in [7, 11) is 0. The number of anilines is 1. The highest BCUT2D eigenvalue weighted by molar-refractivity contribution is 5.92. The highest BCUT2D eigenvalue weighted by Gasteiger charge is 2.19. The number of rotatable bonds is 6. The van der Waals surface area contributed by atoms with E-state index in [1.165, 1.54) is 0 Å². The highest BCUT2D eigenvalue weighted by atomic mass is 16.2. The zero-order valence-corrected chi connectivity index (χ0v) is 13.2. The molecule has 0 fully saturated rings. The van der Waals surface area contributed by atoms with Gasteiger partial charge in [-0.25, -0.2) is 4.79 Å². The lowest BCUT2D eigenvalue weighted by molar-refractivity contribution is -0.119. The molecule has 0 aliphatic carbocycles. The zero-order valence-electron chi connectivity index (χ0n) is 13.2. The van der Waals surface area contributed by atoms with Crippen LogP contribution in [0.2, 0.25) is 0 Å². The number of hydrogen-bond acceptors (Lipinski definition) is 3. The molecule has 0 aliphatic heterocycles. The molecule has 7 nitrogen and oxygen atoms in total. The summed E-state index contributed by atoms with van der Waals surface area (Å²) in [6, 6.07) is 9.84. The van der Waals surface area contributed by atoms with Crippen molar-refractivity contribution in [3.05, 3.63) is 47.7 Å². The molecule has 23 heavy (non-hydrogen) atoms. The summed E-state index contributed by atoms with van der Waals surface area (Å²) in [5.74, 6) is -0.149. The van der Waals surface area contributed by atoms with E-state index in [1.807, 2.05) is 44.2 Å². The molecule has 1 heterocycles. The lowest BCUT2D eigenvalue weighted by Crippen LogP contribution is -2.47. The van der Waals surface area contributed by atoms with E-state index < -0.39 is 18.0 Å². The average Bonchev–Trinajstić information content (AvgIpc) is 2.87. The lowest BCUT2D eigenvalue weighted by atomic mass is 10.1. The molecule has 122 valence electrons. The molecular formula is C16H21N5O2. The Hall–Kier alpha value is -2.83. The number of aryl methyl sites for hydroxylation is 2. The van der Waals surface area contributed by atoms with Crippen molar-refractivity contribution in [1.29, 1.82) is 0 Å². The van der Waals surface area contributed by atoms with E-state index >= 15 is 0 Å². The van der Waals surface area contributed by atoms with Crippen molar-refractivity contribution in [3.63, 3.8) is 0 Å². The van der Waals surface area contributed by atoms with Crippen molar-refractivity contribution >= 4 is 17.8 Å². The van der Waals surface area contributed by atoms with Crippen LogP contribution in [0.15, 0.2) is 36.4 Å². The van der Waals surface area contributed by atoms with Crippen LogP contribution in [-0.4, -0.2) is 27.8 Å². The zero-order chi connectivity index (χ0) is 16.8. The molecule has 1 unspecified atom stereocenters. The monoisotopic (exact) mass is 315 g/mol. The van der Waals surface area contributed by atoms with Gasteiger partial charge < -0.3 is 11.1 Å². The van der Waals surface area contributed by atoms with Crippen molar-refractivity contribution in [2.75, 3.05) is 5.32 Å². The van der Waals surface area contributed by atoms with Crippen LogP contribution in [0.1, 0.15) is 18.2 Å². The first-order valence-electron chi connectivity index (χ1n) is 7.44. The largest absolute Gasteiger partial charge is 0.368 e.